The van der Waals surface area contributed by atoms with Crippen LogP contribution in [-0.4, -0.2) is 37.7 Å². The number of ether oxygens (including phenoxy) is 1. The van der Waals surface area contributed by atoms with E-state index in [1.807, 2.05) is 18.2 Å². The molecule has 1 heterocycles. The molecule has 2 rings (SSSR count). The molecule has 1 aromatic rings. The molecule has 3 nitrogen and oxygen atoms in total. The zero-order chi connectivity index (χ0) is 13.3. The first-order chi connectivity index (χ1) is 9.36. The minimum absolute atomic E-state index is 0.00353. The van der Waals surface area contributed by atoms with Gasteiger partial charge in [0.25, 0.3) is 0 Å². The molecule has 1 fully saturated rings. The molecule has 1 aliphatic rings. The first-order valence-electron chi connectivity index (χ1n) is 7.47. The van der Waals surface area contributed by atoms with E-state index in [9.17, 15) is 0 Å². The SMILES string of the molecule is N[C@@H](COCCCN1CCCCC1)c1ccccc1. The molecule has 0 unspecified atom stereocenters. The van der Waals surface area contributed by atoms with Gasteiger partial charge in [-0.3, -0.25) is 0 Å². The molecule has 1 aromatic carbocycles. The minimum atomic E-state index is -0.00353. The van der Waals surface area contributed by atoms with E-state index in [-0.39, 0.29) is 6.04 Å². The average molecular weight is 262 g/mol. The van der Waals surface area contributed by atoms with Gasteiger partial charge in [0, 0.05) is 13.2 Å². The van der Waals surface area contributed by atoms with E-state index in [1.165, 1.54) is 38.9 Å². The molecule has 0 spiro atoms. The second kappa shape index (κ2) is 8.31. The van der Waals surface area contributed by atoms with Crippen molar-refractivity contribution in [1.29, 1.82) is 0 Å². The van der Waals surface area contributed by atoms with Crippen molar-refractivity contribution in [2.24, 2.45) is 5.73 Å². The Hall–Kier alpha value is -0.900. The zero-order valence-corrected chi connectivity index (χ0v) is 11.8. The average Bonchev–Trinajstić information content (AvgIpc) is 2.49. The van der Waals surface area contributed by atoms with Gasteiger partial charge in [-0.05, 0) is 37.9 Å². The summed E-state index contributed by atoms with van der Waals surface area (Å²) in [5.41, 5.74) is 7.24. The summed E-state index contributed by atoms with van der Waals surface area (Å²) in [7, 11) is 0. The van der Waals surface area contributed by atoms with Gasteiger partial charge in [0.2, 0.25) is 0 Å². The standard InChI is InChI=1S/C16H26N2O/c17-16(15-8-3-1-4-9-15)14-19-13-7-12-18-10-5-2-6-11-18/h1,3-4,8-9,16H,2,5-7,10-14,17H2/t16-/m0/s1. The van der Waals surface area contributed by atoms with Gasteiger partial charge in [-0.1, -0.05) is 36.8 Å². The number of benzene rings is 1. The summed E-state index contributed by atoms with van der Waals surface area (Å²) in [6.45, 7) is 5.13. The highest BCUT2D eigenvalue weighted by Gasteiger charge is 2.09. The van der Waals surface area contributed by atoms with Gasteiger partial charge in [-0.15, -0.1) is 0 Å². The van der Waals surface area contributed by atoms with E-state index < -0.39 is 0 Å². The molecule has 0 saturated carbocycles. The molecule has 0 amide bonds. The van der Waals surface area contributed by atoms with Gasteiger partial charge in [0.1, 0.15) is 0 Å². The fourth-order valence-electron chi connectivity index (χ4n) is 2.58. The summed E-state index contributed by atoms with van der Waals surface area (Å²) in [5.74, 6) is 0. The van der Waals surface area contributed by atoms with Crippen LogP contribution in [-0.2, 0) is 4.74 Å². The van der Waals surface area contributed by atoms with E-state index in [0.717, 1.165) is 18.6 Å². The van der Waals surface area contributed by atoms with Crippen LogP contribution < -0.4 is 5.73 Å². The summed E-state index contributed by atoms with van der Waals surface area (Å²) in [5, 5.41) is 0. The maximum Gasteiger partial charge on any atom is 0.0659 e. The van der Waals surface area contributed by atoms with Crippen molar-refractivity contribution in [3.63, 3.8) is 0 Å². The van der Waals surface area contributed by atoms with E-state index >= 15 is 0 Å². The third-order valence-electron chi connectivity index (χ3n) is 3.74. The Bertz CT molecular complexity index is 336. The van der Waals surface area contributed by atoms with Crippen molar-refractivity contribution in [3.8, 4) is 0 Å². The van der Waals surface area contributed by atoms with Crippen molar-refractivity contribution in [1.82, 2.24) is 4.90 Å². The fraction of sp³-hybridized carbons (Fsp3) is 0.625. The van der Waals surface area contributed by atoms with Crippen LogP contribution in [0, 0.1) is 0 Å². The van der Waals surface area contributed by atoms with Crippen LogP contribution in [0.4, 0.5) is 0 Å². The first-order valence-corrected chi connectivity index (χ1v) is 7.47. The second-order valence-corrected chi connectivity index (χ2v) is 5.35. The normalized spacial score (nSPS) is 18.4. The number of hydrogen-bond donors (Lipinski definition) is 1. The Morgan fingerprint density at radius 2 is 1.84 bits per heavy atom. The molecule has 3 heteroatoms. The Balaban J connectivity index is 1.54. The van der Waals surface area contributed by atoms with Crippen molar-refractivity contribution >= 4 is 0 Å². The molecule has 0 aliphatic carbocycles. The molecular formula is C16H26N2O. The highest BCUT2D eigenvalue weighted by atomic mass is 16.5. The van der Waals surface area contributed by atoms with Gasteiger partial charge in [0.15, 0.2) is 0 Å². The van der Waals surface area contributed by atoms with Gasteiger partial charge in [0.05, 0.1) is 12.6 Å². The predicted octanol–water partition coefficient (Wildman–Crippen LogP) is 2.58. The Morgan fingerprint density at radius 3 is 2.58 bits per heavy atom. The van der Waals surface area contributed by atoms with Crippen LogP contribution in [0.5, 0.6) is 0 Å². The Labute approximate surface area is 116 Å². The molecule has 0 aromatic heterocycles. The topological polar surface area (TPSA) is 38.5 Å². The lowest BCUT2D eigenvalue weighted by Gasteiger charge is -2.26. The van der Waals surface area contributed by atoms with E-state index in [2.05, 4.69) is 17.0 Å². The molecule has 0 radical (unpaired) electrons. The van der Waals surface area contributed by atoms with Crippen LogP contribution in [0.1, 0.15) is 37.3 Å². The summed E-state index contributed by atoms with van der Waals surface area (Å²) in [6, 6.07) is 10.2. The molecule has 1 saturated heterocycles. The van der Waals surface area contributed by atoms with Crippen LogP contribution in [0.15, 0.2) is 30.3 Å². The molecule has 19 heavy (non-hydrogen) atoms. The number of nitrogens with two attached hydrogens (primary N) is 1. The number of piperidine rings is 1. The van der Waals surface area contributed by atoms with Crippen LogP contribution in [0.25, 0.3) is 0 Å². The molecule has 1 aliphatic heterocycles. The molecule has 0 bridgehead atoms. The van der Waals surface area contributed by atoms with Crippen LogP contribution in [0.3, 0.4) is 0 Å². The number of nitrogens with zero attached hydrogens (tertiary/aromatic N) is 1. The van der Waals surface area contributed by atoms with Gasteiger partial charge < -0.3 is 15.4 Å². The molecule has 1 atom stereocenters. The summed E-state index contributed by atoms with van der Waals surface area (Å²) in [6.07, 6.45) is 5.24. The van der Waals surface area contributed by atoms with Crippen molar-refractivity contribution in [3.05, 3.63) is 35.9 Å². The van der Waals surface area contributed by atoms with E-state index in [0.29, 0.717) is 6.61 Å². The summed E-state index contributed by atoms with van der Waals surface area (Å²) in [4.78, 5) is 2.55. The molecule has 106 valence electrons. The summed E-state index contributed by atoms with van der Waals surface area (Å²) < 4.78 is 5.69. The molecular weight excluding hydrogens is 236 g/mol. The second-order valence-electron chi connectivity index (χ2n) is 5.35. The molecule has 2 N–H and O–H groups in total. The maximum absolute atomic E-state index is 6.08. The number of rotatable bonds is 7. The van der Waals surface area contributed by atoms with Crippen molar-refractivity contribution in [2.45, 2.75) is 31.7 Å². The van der Waals surface area contributed by atoms with Gasteiger partial charge in [-0.2, -0.15) is 0 Å². The van der Waals surface area contributed by atoms with Gasteiger partial charge >= 0.3 is 0 Å². The lowest BCUT2D eigenvalue weighted by Crippen LogP contribution is -2.31. The highest BCUT2D eigenvalue weighted by molar-refractivity contribution is 5.18. The van der Waals surface area contributed by atoms with E-state index in [4.69, 9.17) is 10.5 Å². The van der Waals surface area contributed by atoms with Crippen LogP contribution >= 0.6 is 0 Å². The first kappa shape index (κ1) is 14.5. The lowest BCUT2D eigenvalue weighted by molar-refractivity contribution is 0.106. The van der Waals surface area contributed by atoms with E-state index in [1.54, 1.807) is 0 Å². The number of hydrogen-bond acceptors (Lipinski definition) is 3. The predicted molar refractivity (Wildman–Crippen MR) is 79.1 cm³/mol. The zero-order valence-electron chi connectivity index (χ0n) is 11.8. The third-order valence-corrected chi connectivity index (χ3v) is 3.74. The summed E-state index contributed by atoms with van der Waals surface area (Å²) >= 11 is 0. The Morgan fingerprint density at radius 1 is 1.11 bits per heavy atom. The quantitative estimate of drug-likeness (QED) is 0.768. The largest absolute Gasteiger partial charge is 0.379 e. The van der Waals surface area contributed by atoms with Crippen molar-refractivity contribution in [2.75, 3.05) is 32.8 Å². The van der Waals surface area contributed by atoms with Crippen molar-refractivity contribution < 1.29 is 4.74 Å². The van der Waals surface area contributed by atoms with Crippen LogP contribution in [0.2, 0.25) is 0 Å². The Kier molecular flexibility index (Phi) is 6.34. The number of likely N-dealkylation sites (tertiary alicyclic amines) is 1. The monoisotopic (exact) mass is 262 g/mol. The lowest BCUT2D eigenvalue weighted by atomic mass is 10.1. The fourth-order valence-corrected chi connectivity index (χ4v) is 2.58. The maximum atomic E-state index is 6.08. The third kappa shape index (κ3) is 5.31. The minimum Gasteiger partial charge on any atom is -0.379 e. The van der Waals surface area contributed by atoms with Gasteiger partial charge in [-0.25, -0.2) is 0 Å². The smallest absolute Gasteiger partial charge is 0.0659 e. The highest BCUT2D eigenvalue weighted by Crippen LogP contribution is 2.10.